The van der Waals surface area contributed by atoms with Gasteiger partial charge in [0.15, 0.2) is 0 Å². The van der Waals surface area contributed by atoms with Crippen molar-refractivity contribution in [2.24, 2.45) is 5.41 Å². The SMILES string of the molecule is CCCCCCCC1(COC)CCCC1OC. The minimum atomic E-state index is 0.315. The quantitative estimate of drug-likeness (QED) is 0.565. The maximum absolute atomic E-state index is 5.68. The zero-order valence-corrected chi connectivity index (χ0v) is 12.0. The van der Waals surface area contributed by atoms with Gasteiger partial charge in [0.1, 0.15) is 0 Å². The maximum atomic E-state index is 5.68. The molecule has 0 aromatic rings. The lowest BCUT2D eigenvalue weighted by Gasteiger charge is -2.34. The highest BCUT2D eigenvalue weighted by atomic mass is 16.5. The van der Waals surface area contributed by atoms with Crippen LogP contribution in [-0.2, 0) is 9.47 Å². The van der Waals surface area contributed by atoms with Crippen LogP contribution in [0, 0.1) is 5.41 Å². The topological polar surface area (TPSA) is 18.5 Å². The summed E-state index contributed by atoms with van der Waals surface area (Å²) < 4.78 is 11.1. The molecule has 2 nitrogen and oxygen atoms in total. The Kier molecular flexibility index (Phi) is 7.14. The fraction of sp³-hybridized carbons (Fsp3) is 1.00. The number of ether oxygens (including phenoxy) is 2. The van der Waals surface area contributed by atoms with Crippen molar-refractivity contribution in [3.63, 3.8) is 0 Å². The first-order valence-corrected chi connectivity index (χ1v) is 7.31. The van der Waals surface area contributed by atoms with Crippen molar-refractivity contribution in [1.82, 2.24) is 0 Å². The van der Waals surface area contributed by atoms with Crippen LogP contribution in [0.1, 0.15) is 64.7 Å². The van der Waals surface area contributed by atoms with E-state index in [0.29, 0.717) is 11.5 Å². The van der Waals surface area contributed by atoms with Crippen LogP contribution in [0.25, 0.3) is 0 Å². The van der Waals surface area contributed by atoms with E-state index < -0.39 is 0 Å². The van der Waals surface area contributed by atoms with Gasteiger partial charge in [0.25, 0.3) is 0 Å². The molecule has 102 valence electrons. The van der Waals surface area contributed by atoms with Gasteiger partial charge in [0.05, 0.1) is 12.7 Å². The molecule has 0 N–H and O–H groups in total. The number of rotatable bonds is 9. The van der Waals surface area contributed by atoms with Crippen LogP contribution in [0.3, 0.4) is 0 Å². The van der Waals surface area contributed by atoms with Gasteiger partial charge >= 0.3 is 0 Å². The van der Waals surface area contributed by atoms with Crippen molar-refractivity contribution in [3.05, 3.63) is 0 Å². The molecule has 1 aliphatic carbocycles. The number of hydrogen-bond donors (Lipinski definition) is 0. The third kappa shape index (κ3) is 4.26. The molecule has 0 aliphatic heterocycles. The lowest BCUT2D eigenvalue weighted by molar-refractivity contribution is -0.0407. The number of methoxy groups -OCH3 is 2. The van der Waals surface area contributed by atoms with Crippen molar-refractivity contribution >= 4 is 0 Å². The average Bonchev–Trinajstić information content (AvgIpc) is 2.72. The lowest BCUT2D eigenvalue weighted by atomic mass is 9.79. The summed E-state index contributed by atoms with van der Waals surface area (Å²) in [6, 6.07) is 0. The molecular formula is C15H30O2. The van der Waals surface area contributed by atoms with Crippen molar-refractivity contribution in [3.8, 4) is 0 Å². The largest absolute Gasteiger partial charge is 0.384 e. The first kappa shape index (κ1) is 15.0. The van der Waals surface area contributed by atoms with Crippen LogP contribution in [0.4, 0.5) is 0 Å². The second-order valence-corrected chi connectivity index (χ2v) is 5.58. The summed E-state index contributed by atoms with van der Waals surface area (Å²) in [4.78, 5) is 0. The van der Waals surface area contributed by atoms with Gasteiger partial charge in [0, 0.05) is 19.6 Å². The van der Waals surface area contributed by atoms with E-state index in [4.69, 9.17) is 9.47 Å². The van der Waals surface area contributed by atoms with Crippen LogP contribution in [0.2, 0.25) is 0 Å². The Labute approximate surface area is 107 Å². The van der Waals surface area contributed by atoms with E-state index in [1.807, 2.05) is 14.2 Å². The Morgan fingerprint density at radius 1 is 1.12 bits per heavy atom. The van der Waals surface area contributed by atoms with E-state index in [0.717, 1.165) is 6.61 Å². The Balaban J connectivity index is 2.36. The maximum Gasteiger partial charge on any atom is 0.0649 e. The predicted octanol–water partition coefficient (Wildman–Crippen LogP) is 4.18. The highest BCUT2D eigenvalue weighted by molar-refractivity contribution is 4.92. The van der Waals surface area contributed by atoms with Crippen molar-refractivity contribution in [2.75, 3.05) is 20.8 Å². The van der Waals surface area contributed by atoms with Crippen molar-refractivity contribution in [2.45, 2.75) is 70.8 Å². The summed E-state index contributed by atoms with van der Waals surface area (Å²) in [6.07, 6.45) is 12.3. The summed E-state index contributed by atoms with van der Waals surface area (Å²) in [7, 11) is 3.68. The van der Waals surface area contributed by atoms with E-state index in [-0.39, 0.29) is 0 Å². The van der Waals surface area contributed by atoms with Gasteiger partial charge in [-0.15, -0.1) is 0 Å². The molecule has 17 heavy (non-hydrogen) atoms. The second-order valence-electron chi connectivity index (χ2n) is 5.58. The zero-order chi connectivity index (χ0) is 12.6. The van der Waals surface area contributed by atoms with Gasteiger partial charge in [-0.3, -0.25) is 0 Å². The van der Waals surface area contributed by atoms with Crippen LogP contribution < -0.4 is 0 Å². The van der Waals surface area contributed by atoms with Gasteiger partial charge in [-0.25, -0.2) is 0 Å². The fourth-order valence-corrected chi connectivity index (χ4v) is 3.37. The summed E-state index contributed by atoms with van der Waals surface area (Å²) in [5, 5.41) is 0. The standard InChI is InChI=1S/C15H30O2/c1-4-5-6-7-8-11-15(13-16-2)12-9-10-14(15)17-3/h14H,4-13H2,1-3H3. The molecule has 2 atom stereocenters. The molecule has 0 aromatic heterocycles. The van der Waals surface area contributed by atoms with Gasteiger partial charge in [-0.05, 0) is 19.3 Å². The minimum absolute atomic E-state index is 0.315. The van der Waals surface area contributed by atoms with Crippen LogP contribution in [0.5, 0.6) is 0 Å². The summed E-state index contributed by atoms with van der Waals surface area (Å²) in [5.74, 6) is 0. The lowest BCUT2D eigenvalue weighted by Crippen LogP contribution is -2.36. The van der Waals surface area contributed by atoms with Crippen molar-refractivity contribution < 1.29 is 9.47 Å². The highest BCUT2D eigenvalue weighted by Crippen LogP contribution is 2.44. The first-order valence-electron chi connectivity index (χ1n) is 7.31. The molecule has 1 saturated carbocycles. The molecule has 0 amide bonds. The zero-order valence-electron chi connectivity index (χ0n) is 12.0. The van der Waals surface area contributed by atoms with E-state index in [2.05, 4.69) is 6.92 Å². The summed E-state index contributed by atoms with van der Waals surface area (Å²) in [6.45, 7) is 3.14. The number of hydrogen-bond acceptors (Lipinski definition) is 2. The van der Waals surface area contributed by atoms with E-state index in [1.165, 1.54) is 57.8 Å². The molecule has 0 spiro atoms. The molecule has 2 unspecified atom stereocenters. The smallest absolute Gasteiger partial charge is 0.0649 e. The van der Waals surface area contributed by atoms with E-state index in [9.17, 15) is 0 Å². The molecule has 0 heterocycles. The normalized spacial score (nSPS) is 28.8. The Hall–Kier alpha value is -0.0800. The highest BCUT2D eigenvalue weighted by Gasteiger charge is 2.42. The Morgan fingerprint density at radius 2 is 1.88 bits per heavy atom. The fourth-order valence-electron chi connectivity index (χ4n) is 3.37. The monoisotopic (exact) mass is 242 g/mol. The molecule has 2 heteroatoms. The molecule has 0 bridgehead atoms. The van der Waals surface area contributed by atoms with Crippen molar-refractivity contribution in [1.29, 1.82) is 0 Å². The first-order chi connectivity index (χ1) is 8.29. The minimum Gasteiger partial charge on any atom is -0.384 e. The van der Waals surface area contributed by atoms with Gasteiger partial charge in [0.2, 0.25) is 0 Å². The van der Waals surface area contributed by atoms with E-state index >= 15 is 0 Å². The predicted molar refractivity (Wildman–Crippen MR) is 72.3 cm³/mol. The molecule has 0 aromatic carbocycles. The van der Waals surface area contributed by atoms with Crippen LogP contribution >= 0.6 is 0 Å². The molecule has 0 saturated heterocycles. The second kappa shape index (κ2) is 8.10. The Bertz CT molecular complexity index is 193. The molecular weight excluding hydrogens is 212 g/mol. The summed E-state index contributed by atoms with van der Waals surface area (Å²) >= 11 is 0. The van der Waals surface area contributed by atoms with Gasteiger partial charge in [-0.1, -0.05) is 45.4 Å². The summed E-state index contributed by atoms with van der Waals surface area (Å²) in [5.41, 5.74) is 0.315. The molecule has 1 aliphatic rings. The molecule has 0 radical (unpaired) electrons. The number of unbranched alkanes of at least 4 members (excludes halogenated alkanes) is 4. The van der Waals surface area contributed by atoms with Gasteiger partial charge < -0.3 is 9.47 Å². The molecule has 1 rings (SSSR count). The van der Waals surface area contributed by atoms with Crippen LogP contribution in [-0.4, -0.2) is 26.9 Å². The molecule has 1 fully saturated rings. The average molecular weight is 242 g/mol. The Morgan fingerprint density at radius 3 is 2.53 bits per heavy atom. The van der Waals surface area contributed by atoms with Gasteiger partial charge in [-0.2, -0.15) is 0 Å². The van der Waals surface area contributed by atoms with Crippen LogP contribution in [0.15, 0.2) is 0 Å². The third-order valence-corrected chi connectivity index (χ3v) is 4.32. The van der Waals surface area contributed by atoms with E-state index in [1.54, 1.807) is 0 Å². The third-order valence-electron chi connectivity index (χ3n) is 4.32.